The smallest absolute Gasteiger partial charge is 0.220 e. The van der Waals surface area contributed by atoms with E-state index in [1.807, 2.05) is 7.05 Å². The summed E-state index contributed by atoms with van der Waals surface area (Å²) in [5, 5.41) is 6.41. The van der Waals surface area contributed by atoms with Gasteiger partial charge in [0.1, 0.15) is 0 Å². The molecule has 0 aromatic carbocycles. The van der Waals surface area contributed by atoms with Gasteiger partial charge in [0.2, 0.25) is 5.91 Å². The molecule has 0 aromatic rings. The van der Waals surface area contributed by atoms with Crippen LogP contribution in [0.5, 0.6) is 0 Å². The molecule has 0 aromatic heterocycles. The highest BCUT2D eigenvalue weighted by Crippen LogP contribution is 2.39. The highest BCUT2D eigenvalue weighted by atomic mass is 16.1. The van der Waals surface area contributed by atoms with Crippen LogP contribution in [-0.2, 0) is 4.79 Å². The first kappa shape index (κ1) is 12.9. The van der Waals surface area contributed by atoms with Crippen molar-refractivity contribution in [3.63, 3.8) is 0 Å². The van der Waals surface area contributed by atoms with Gasteiger partial charge in [0.05, 0.1) is 0 Å². The summed E-state index contributed by atoms with van der Waals surface area (Å²) < 4.78 is 0. The maximum Gasteiger partial charge on any atom is 0.220 e. The number of hydrogen-bond donors (Lipinski definition) is 2. The summed E-state index contributed by atoms with van der Waals surface area (Å²) in [4.78, 5) is 11.9. The molecule has 2 aliphatic rings. The third-order valence-corrected chi connectivity index (χ3v) is 4.58. The van der Waals surface area contributed by atoms with Gasteiger partial charge in [0, 0.05) is 24.9 Å². The lowest BCUT2D eigenvalue weighted by Crippen LogP contribution is -2.47. The Morgan fingerprint density at radius 2 is 1.88 bits per heavy atom. The van der Waals surface area contributed by atoms with Crippen LogP contribution in [0.2, 0.25) is 0 Å². The lowest BCUT2D eigenvalue weighted by Gasteiger charge is -2.42. The highest BCUT2D eigenvalue weighted by Gasteiger charge is 2.36. The fourth-order valence-corrected chi connectivity index (χ4v) is 3.30. The maximum atomic E-state index is 11.9. The third kappa shape index (κ3) is 3.44. The molecule has 2 N–H and O–H groups in total. The van der Waals surface area contributed by atoms with Crippen molar-refractivity contribution in [2.45, 2.75) is 51.4 Å². The monoisotopic (exact) mass is 238 g/mol. The van der Waals surface area contributed by atoms with Crippen LogP contribution in [0.4, 0.5) is 0 Å². The lowest BCUT2D eigenvalue weighted by molar-refractivity contribution is -0.122. The molecule has 1 amide bonds. The molecule has 3 heteroatoms. The van der Waals surface area contributed by atoms with Gasteiger partial charge in [0.15, 0.2) is 0 Å². The van der Waals surface area contributed by atoms with E-state index in [0.717, 1.165) is 19.5 Å². The molecule has 0 aliphatic heterocycles. The van der Waals surface area contributed by atoms with Crippen molar-refractivity contribution in [1.82, 2.24) is 10.6 Å². The predicted molar refractivity (Wildman–Crippen MR) is 69.8 cm³/mol. The van der Waals surface area contributed by atoms with E-state index in [2.05, 4.69) is 10.6 Å². The second-order valence-corrected chi connectivity index (χ2v) is 6.02. The zero-order valence-corrected chi connectivity index (χ0v) is 11.1. The summed E-state index contributed by atoms with van der Waals surface area (Å²) in [6.45, 7) is 1.91. The molecule has 3 nitrogen and oxygen atoms in total. The summed E-state index contributed by atoms with van der Waals surface area (Å²) in [6, 6.07) is 0. The molecule has 0 spiro atoms. The van der Waals surface area contributed by atoms with Gasteiger partial charge in [0.25, 0.3) is 0 Å². The summed E-state index contributed by atoms with van der Waals surface area (Å²) in [5.41, 5.74) is 0.361. The molecule has 0 saturated heterocycles. The van der Waals surface area contributed by atoms with Crippen molar-refractivity contribution in [1.29, 1.82) is 0 Å². The molecule has 0 bridgehead atoms. The number of carbonyl (C=O) groups excluding carboxylic acids is 1. The van der Waals surface area contributed by atoms with Gasteiger partial charge >= 0.3 is 0 Å². The summed E-state index contributed by atoms with van der Waals surface area (Å²) in [5.74, 6) is 0.941. The van der Waals surface area contributed by atoms with Gasteiger partial charge in [-0.25, -0.2) is 0 Å². The van der Waals surface area contributed by atoms with Crippen LogP contribution in [0.3, 0.4) is 0 Å². The van der Waals surface area contributed by atoms with Crippen molar-refractivity contribution >= 4 is 5.91 Å². The van der Waals surface area contributed by atoms with Crippen molar-refractivity contribution in [2.75, 3.05) is 20.1 Å². The van der Waals surface area contributed by atoms with E-state index >= 15 is 0 Å². The zero-order chi connectivity index (χ0) is 12.1. The van der Waals surface area contributed by atoms with Crippen LogP contribution in [0.15, 0.2) is 0 Å². The van der Waals surface area contributed by atoms with Gasteiger partial charge in [-0.05, 0) is 38.6 Å². The summed E-state index contributed by atoms with van der Waals surface area (Å²) in [7, 11) is 2.00. The molecule has 0 heterocycles. The number of carbonyl (C=O) groups is 1. The van der Waals surface area contributed by atoms with E-state index in [4.69, 9.17) is 0 Å². The number of amides is 1. The first-order valence-electron chi connectivity index (χ1n) is 7.15. The average molecular weight is 238 g/mol. The normalized spacial score (nSPS) is 23.4. The summed E-state index contributed by atoms with van der Waals surface area (Å²) >= 11 is 0. The number of rotatable bonds is 6. The van der Waals surface area contributed by atoms with Gasteiger partial charge in [-0.15, -0.1) is 0 Å². The molecule has 98 valence electrons. The minimum Gasteiger partial charge on any atom is -0.355 e. The van der Waals surface area contributed by atoms with Crippen molar-refractivity contribution < 1.29 is 4.79 Å². The van der Waals surface area contributed by atoms with E-state index in [0.29, 0.717) is 11.3 Å². The molecule has 2 aliphatic carbocycles. The second-order valence-electron chi connectivity index (χ2n) is 6.02. The topological polar surface area (TPSA) is 41.1 Å². The molecule has 2 fully saturated rings. The first-order valence-corrected chi connectivity index (χ1v) is 7.15. The van der Waals surface area contributed by atoms with Crippen LogP contribution >= 0.6 is 0 Å². The van der Waals surface area contributed by atoms with Crippen molar-refractivity contribution in [3.05, 3.63) is 0 Å². The van der Waals surface area contributed by atoms with Crippen LogP contribution in [0.25, 0.3) is 0 Å². The van der Waals surface area contributed by atoms with E-state index < -0.39 is 0 Å². The first-order chi connectivity index (χ1) is 8.24. The lowest BCUT2D eigenvalue weighted by atomic mass is 9.68. The van der Waals surface area contributed by atoms with E-state index in [1.54, 1.807) is 0 Å². The van der Waals surface area contributed by atoms with E-state index in [1.165, 1.54) is 44.9 Å². The van der Waals surface area contributed by atoms with Crippen LogP contribution in [-0.4, -0.2) is 26.0 Å². The Balaban J connectivity index is 1.67. The highest BCUT2D eigenvalue weighted by molar-refractivity contribution is 5.76. The quantitative estimate of drug-likeness (QED) is 0.744. The van der Waals surface area contributed by atoms with Crippen molar-refractivity contribution in [3.8, 4) is 0 Å². The Bertz CT molecular complexity index is 255. The Morgan fingerprint density at radius 3 is 2.41 bits per heavy atom. The van der Waals surface area contributed by atoms with Gasteiger partial charge in [-0.2, -0.15) is 0 Å². The SMILES string of the molecule is CNCC1(CNC(=O)CC2CCCC2)CCC1. The fourth-order valence-electron chi connectivity index (χ4n) is 3.30. The molecule has 2 rings (SSSR count). The zero-order valence-electron chi connectivity index (χ0n) is 11.1. The second kappa shape index (κ2) is 5.85. The molecular weight excluding hydrogens is 212 g/mol. The minimum atomic E-state index is 0.277. The van der Waals surface area contributed by atoms with Crippen LogP contribution < -0.4 is 10.6 Å². The van der Waals surface area contributed by atoms with Gasteiger partial charge < -0.3 is 10.6 Å². The Morgan fingerprint density at radius 1 is 1.18 bits per heavy atom. The predicted octanol–water partition coefficient (Wildman–Crippen LogP) is 2.07. The van der Waals surface area contributed by atoms with Gasteiger partial charge in [-0.3, -0.25) is 4.79 Å². The molecule has 0 radical (unpaired) electrons. The average Bonchev–Trinajstić information content (AvgIpc) is 2.74. The molecular formula is C14H26N2O. The molecule has 0 unspecified atom stereocenters. The molecule has 17 heavy (non-hydrogen) atoms. The third-order valence-electron chi connectivity index (χ3n) is 4.58. The standard InChI is InChI=1S/C14H26N2O/c1-15-10-14(7-4-8-14)11-16-13(17)9-12-5-2-3-6-12/h12,15H,2-11H2,1H3,(H,16,17). The fraction of sp³-hybridized carbons (Fsp3) is 0.929. The Kier molecular flexibility index (Phi) is 4.43. The van der Waals surface area contributed by atoms with Crippen LogP contribution in [0, 0.1) is 11.3 Å². The maximum absolute atomic E-state index is 11.9. The van der Waals surface area contributed by atoms with E-state index in [9.17, 15) is 4.79 Å². The largest absolute Gasteiger partial charge is 0.355 e. The van der Waals surface area contributed by atoms with Crippen LogP contribution in [0.1, 0.15) is 51.4 Å². The Hall–Kier alpha value is -0.570. The number of hydrogen-bond acceptors (Lipinski definition) is 2. The number of nitrogens with one attached hydrogen (secondary N) is 2. The molecule has 0 atom stereocenters. The Labute approximate surface area is 105 Å². The summed E-state index contributed by atoms with van der Waals surface area (Å²) in [6.07, 6.45) is 9.76. The van der Waals surface area contributed by atoms with Gasteiger partial charge in [-0.1, -0.05) is 19.3 Å². The van der Waals surface area contributed by atoms with Crippen molar-refractivity contribution in [2.24, 2.45) is 11.3 Å². The molecule has 2 saturated carbocycles. The minimum absolute atomic E-state index is 0.277. The van der Waals surface area contributed by atoms with E-state index in [-0.39, 0.29) is 5.91 Å².